The van der Waals surface area contributed by atoms with Gasteiger partial charge in [0, 0.05) is 12.4 Å². The molecule has 4 rings (SSSR count). The van der Waals surface area contributed by atoms with E-state index < -0.39 is 0 Å². The van der Waals surface area contributed by atoms with Crippen molar-refractivity contribution in [3.63, 3.8) is 0 Å². The number of ether oxygens (including phenoxy) is 2. The number of para-hydroxylation sites is 1. The molecule has 4 aromatic rings. The molecule has 0 aliphatic carbocycles. The van der Waals surface area contributed by atoms with Crippen molar-refractivity contribution in [2.45, 2.75) is 0 Å². The molecule has 3 heterocycles. The molecule has 0 spiro atoms. The van der Waals surface area contributed by atoms with Gasteiger partial charge in [-0.05, 0) is 30.3 Å². The number of H-pyrrole nitrogens is 1. The van der Waals surface area contributed by atoms with Crippen LogP contribution < -0.4 is 9.47 Å². The molecule has 0 fully saturated rings. The predicted molar refractivity (Wildman–Crippen MR) is 93.7 cm³/mol. The van der Waals surface area contributed by atoms with Gasteiger partial charge < -0.3 is 14.0 Å². The molecule has 0 saturated heterocycles. The van der Waals surface area contributed by atoms with Crippen LogP contribution in [-0.2, 0) is 0 Å². The first kappa shape index (κ1) is 15.8. The van der Waals surface area contributed by atoms with Crippen LogP contribution in [0, 0.1) is 0 Å². The average molecular weight is 349 g/mol. The minimum absolute atomic E-state index is 0.369. The average Bonchev–Trinajstić information content (AvgIpc) is 3.39. The molecule has 0 bridgehead atoms. The third kappa shape index (κ3) is 2.77. The Hall–Kier alpha value is -3.68. The van der Waals surface area contributed by atoms with Crippen LogP contribution in [0.5, 0.6) is 11.5 Å². The number of methoxy groups -OCH3 is 2. The molecule has 0 saturated carbocycles. The van der Waals surface area contributed by atoms with Gasteiger partial charge in [-0.25, -0.2) is 0 Å². The number of nitrogens with one attached hydrogen (secondary N) is 1. The van der Waals surface area contributed by atoms with Gasteiger partial charge in [-0.3, -0.25) is 10.1 Å². The molecule has 0 aliphatic heterocycles. The van der Waals surface area contributed by atoms with Crippen molar-refractivity contribution >= 4 is 0 Å². The smallest absolute Gasteiger partial charge is 0.259 e. The second-order valence-corrected chi connectivity index (χ2v) is 5.37. The quantitative estimate of drug-likeness (QED) is 0.590. The zero-order valence-electron chi connectivity index (χ0n) is 14.1. The van der Waals surface area contributed by atoms with Crippen molar-refractivity contribution < 1.29 is 14.0 Å². The normalized spacial score (nSPS) is 10.7. The van der Waals surface area contributed by atoms with E-state index in [1.54, 1.807) is 32.7 Å². The number of pyridine rings is 1. The molecule has 26 heavy (non-hydrogen) atoms. The first-order chi connectivity index (χ1) is 12.8. The molecule has 0 unspecified atom stereocenters. The summed E-state index contributed by atoms with van der Waals surface area (Å²) in [7, 11) is 3.15. The van der Waals surface area contributed by atoms with E-state index >= 15 is 0 Å². The summed E-state index contributed by atoms with van der Waals surface area (Å²) in [4.78, 5) is 8.85. The second-order valence-electron chi connectivity index (χ2n) is 5.37. The number of rotatable bonds is 5. The SMILES string of the molecule is COc1cccc(-c2noc(-c3ccc(-c4ccn[nH]4)nc3)n2)c1OC. The lowest BCUT2D eigenvalue weighted by atomic mass is 10.1. The number of benzene rings is 1. The fourth-order valence-corrected chi connectivity index (χ4v) is 2.59. The van der Waals surface area contributed by atoms with Crippen molar-refractivity contribution in [1.82, 2.24) is 25.3 Å². The summed E-state index contributed by atoms with van der Waals surface area (Å²) in [6, 6.07) is 11.1. The highest BCUT2D eigenvalue weighted by Gasteiger charge is 2.17. The number of hydrogen-bond donors (Lipinski definition) is 1. The van der Waals surface area contributed by atoms with Crippen LogP contribution in [0.1, 0.15) is 0 Å². The van der Waals surface area contributed by atoms with E-state index in [0.29, 0.717) is 34.3 Å². The van der Waals surface area contributed by atoms with Gasteiger partial charge >= 0.3 is 0 Å². The Morgan fingerprint density at radius 2 is 1.96 bits per heavy atom. The Labute approximate surface area is 148 Å². The van der Waals surface area contributed by atoms with Crippen LogP contribution in [0.25, 0.3) is 34.2 Å². The lowest BCUT2D eigenvalue weighted by Crippen LogP contribution is -1.94. The van der Waals surface area contributed by atoms with Crippen LogP contribution in [0.15, 0.2) is 53.3 Å². The third-order valence-corrected chi connectivity index (χ3v) is 3.86. The van der Waals surface area contributed by atoms with Crippen LogP contribution >= 0.6 is 0 Å². The van der Waals surface area contributed by atoms with E-state index in [2.05, 4.69) is 25.3 Å². The topological polar surface area (TPSA) is 99.0 Å². The Balaban J connectivity index is 1.67. The summed E-state index contributed by atoms with van der Waals surface area (Å²) < 4.78 is 16.1. The minimum Gasteiger partial charge on any atom is -0.493 e. The van der Waals surface area contributed by atoms with E-state index in [-0.39, 0.29) is 0 Å². The molecule has 1 N–H and O–H groups in total. The van der Waals surface area contributed by atoms with E-state index in [4.69, 9.17) is 14.0 Å². The molecule has 0 amide bonds. The van der Waals surface area contributed by atoms with Gasteiger partial charge in [0.05, 0.1) is 36.7 Å². The Bertz CT molecular complexity index is 1010. The molecule has 0 radical (unpaired) electrons. The molecule has 130 valence electrons. The fourth-order valence-electron chi connectivity index (χ4n) is 2.59. The molecule has 3 aromatic heterocycles. The number of aromatic amines is 1. The first-order valence-corrected chi connectivity index (χ1v) is 7.81. The van der Waals surface area contributed by atoms with Gasteiger partial charge in [0.2, 0.25) is 5.82 Å². The van der Waals surface area contributed by atoms with Crippen LogP contribution in [0.2, 0.25) is 0 Å². The second kappa shape index (κ2) is 6.67. The van der Waals surface area contributed by atoms with Crippen molar-refractivity contribution in [2.24, 2.45) is 0 Å². The minimum atomic E-state index is 0.369. The highest BCUT2D eigenvalue weighted by Crippen LogP contribution is 2.37. The third-order valence-electron chi connectivity index (χ3n) is 3.86. The molecular weight excluding hydrogens is 334 g/mol. The summed E-state index contributed by atoms with van der Waals surface area (Å²) in [5.41, 5.74) is 3.02. The summed E-state index contributed by atoms with van der Waals surface area (Å²) in [6.07, 6.45) is 3.35. The number of aromatic nitrogens is 5. The fraction of sp³-hybridized carbons (Fsp3) is 0.111. The lowest BCUT2D eigenvalue weighted by molar-refractivity contribution is 0.355. The maximum Gasteiger partial charge on any atom is 0.259 e. The molecule has 0 atom stereocenters. The van der Waals surface area contributed by atoms with Gasteiger partial charge in [0.15, 0.2) is 11.5 Å². The first-order valence-electron chi connectivity index (χ1n) is 7.81. The highest BCUT2D eigenvalue weighted by atomic mass is 16.5. The predicted octanol–water partition coefficient (Wildman–Crippen LogP) is 3.21. The highest BCUT2D eigenvalue weighted by molar-refractivity contribution is 5.70. The number of hydrogen-bond acceptors (Lipinski definition) is 7. The lowest BCUT2D eigenvalue weighted by Gasteiger charge is -2.09. The maximum absolute atomic E-state index is 5.43. The molecule has 8 nitrogen and oxygen atoms in total. The van der Waals surface area contributed by atoms with E-state index in [1.165, 1.54) is 0 Å². The largest absolute Gasteiger partial charge is 0.493 e. The van der Waals surface area contributed by atoms with Gasteiger partial charge in [0.1, 0.15) is 0 Å². The van der Waals surface area contributed by atoms with Gasteiger partial charge in [-0.15, -0.1) is 0 Å². The van der Waals surface area contributed by atoms with Crippen LogP contribution in [0.3, 0.4) is 0 Å². The van der Waals surface area contributed by atoms with Crippen molar-refractivity contribution in [1.29, 1.82) is 0 Å². The molecule has 1 aromatic carbocycles. The Morgan fingerprint density at radius 1 is 1.04 bits per heavy atom. The summed E-state index contributed by atoms with van der Waals surface area (Å²) in [5, 5.41) is 10.8. The summed E-state index contributed by atoms with van der Waals surface area (Å²) in [5.74, 6) is 1.93. The maximum atomic E-state index is 5.43. The van der Waals surface area contributed by atoms with Crippen LogP contribution in [-0.4, -0.2) is 39.5 Å². The molecular formula is C18H15N5O3. The van der Waals surface area contributed by atoms with Crippen molar-refractivity contribution in [2.75, 3.05) is 14.2 Å². The van der Waals surface area contributed by atoms with E-state index in [0.717, 1.165) is 11.4 Å². The number of nitrogens with zero attached hydrogens (tertiary/aromatic N) is 4. The Kier molecular flexibility index (Phi) is 4.06. The standard InChI is InChI=1S/C18H15N5O3/c1-24-15-5-3-4-12(16(15)25-2)17-21-18(26-23-17)11-6-7-13(19-10-11)14-8-9-20-22-14/h3-10H,1-2H3,(H,20,22). The molecule has 8 heteroatoms. The van der Waals surface area contributed by atoms with E-state index in [9.17, 15) is 0 Å². The van der Waals surface area contributed by atoms with Gasteiger partial charge in [-0.2, -0.15) is 10.1 Å². The van der Waals surface area contributed by atoms with Gasteiger partial charge in [0.25, 0.3) is 5.89 Å². The summed E-state index contributed by atoms with van der Waals surface area (Å²) >= 11 is 0. The van der Waals surface area contributed by atoms with Crippen molar-refractivity contribution in [3.05, 3.63) is 48.8 Å². The molecule has 0 aliphatic rings. The van der Waals surface area contributed by atoms with Gasteiger partial charge in [-0.1, -0.05) is 11.2 Å². The van der Waals surface area contributed by atoms with E-state index in [1.807, 2.05) is 30.3 Å². The summed E-state index contributed by atoms with van der Waals surface area (Å²) in [6.45, 7) is 0. The monoisotopic (exact) mass is 349 g/mol. The van der Waals surface area contributed by atoms with Crippen molar-refractivity contribution in [3.8, 4) is 45.7 Å². The zero-order valence-corrected chi connectivity index (χ0v) is 14.1. The van der Waals surface area contributed by atoms with Crippen LogP contribution in [0.4, 0.5) is 0 Å². The Morgan fingerprint density at radius 3 is 2.65 bits per heavy atom. The zero-order chi connectivity index (χ0) is 17.9.